The highest BCUT2D eigenvalue weighted by atomic mass is 35.5. The van der Waals surface area contributed by atoms with E-state index in [0.717, 1.165) is 5.56 Å². The van der Waals surface area contributed by atoms with E-state index in [-0.39, 0.29) is 5.82 Å². The van der Waals surface area contributed by atoms with Gasteiger partial charge in [-0.3, -0.25) is 0 Å². The third-order valence-corrected chi connectivity index (χ3v) is 2.40. The molecule has 2 N–H and O–H groups in total. The van der Waals surface area contributed by atoms with E-state index in [1.54, 1.807) is 24.3 Å². The average molecular weight is 231 g/mol. The molecule has 0 aliphatic heterocycles. The Bertz CT molecular complexity index is 557. The Morgan fingerprint density at radius 1 is 1.25 bits per heavy atom. The van der Waals surface area contributed by atoms with Crippen molar-refractivity contribution < 1.29 is 0 Å². The molecule has 0 aliphatic rings. The van der Waals surface area contributed by atoms with E-state index in [1.165, 1.54) is 6.20 Å². The summed E-state index contributed by atoms with van der Waals surface area (Å²) in [5.74, 6) is 0.134. The molecule has 16 heavy (non-hydrogen) atoms. The highest BCUT2D eigenvalue weighted by Gasteiger charge is 2.09. The number of hydrogen-bond donors (Lipinski definition) is 1. The molecule has 0 bridgehead atoms. The molecular weight excluding hydrogens is 224 g/mol. The normalized spacial score (nSPS) is 9.75. The van der Waals surface area contributed by atoms with Crippen LogP contribution in [0.3, 0.4) is 0 Å². The van der Waals surface area contributed by atoms with Gasteiger partial charge in [0.25, 0.3) is 0 Å². The summed E-state index contributed by atoms with van der Waals surface area (Å²) in [4.78, 5) is 0. The summed E-state index contributed by atoms with van der Waals surface area (Å²) in [5.41, 5.74) is 7.40. The fourth-order valence-corrected chi connectivity index (χ4v) is 1.49. The number of nitrogens with two attached hydrogens (primary N) is 1. The minimum atomic E-state index is 0.134. The Kier molecular flexibility index (Phi) is 2.71. The Hall–Kier alpha value is -2.12. The Balaban J connectivity index is 2.61. The van der Waals surface area contributed by atoms with Crippen LogP contribution < -0.4 is 5.73 Å². The fourth-order valence-electron chi connectivity index (χ4n) is 1.37. The van der Waals surface area contributed by atoms with Crippen molar-refractivity contribution in [3.8, 4) is 17.2 Å². The van der Waals surface area contributed by atoms with Crippen molar-refractivity contribution in [3.63, 3.8) is 0 Å². The number of aromatic nitrogens is 2. The molecule has 0 unspecified atom stereocenters. The van der Waals surface area contributed by atoms with Crippen LogP contribution in [0.4, 0.5) is 5.82 Å². The van der Waals surface area contributed by atoms with Gasteiger partial charge in [0.15, 0.2) is 5.82 Å². The van der Waals surface area contributed by atoms with Gasteiger partial charge in [0.05, 0.1) is 6.20 Å². The molecule has 1 aromatic heterocycles. The van der Waals surface area contributed by atoms with Gasteiger partial charge < -0.3 is 5.73 Å². The van der Waals surface area contributed by atoms with Crippen molar-refractivity contribution in [3.05, 3.63) is 41.0 Å². The minimum absolute atomic E-state index is 0.134. The molecule has 4 nitrogen and oxygen atoms in total. The lowest BCUT2D eigenvalue weighted by Gasteiger charge is -2.04. The molecule has 2 aromatic rings. The van der Waals surface area contributed by atoms with Gasteiger partial charge in [-0.25, -0.2) is 0 Å². The first-order valence-electron chi connectivity index (χ1n) is 4.49. The van der Waals surface area contributed by atoms with Gasteiger partial charge in [-0.2, -0.15) is 10.4 Å². The van der Waals surface area contributed by atoms with Gasteiger partial charge >= 0.3 is 0 Å². The number of nitriles is 1. The number of nitrogen functional groups attached to an aromatic ring is 1. The molecule has 5 heteroatoms. The Labute approximate surface area is 97.3 Å². The summed E-state index contributed by atoms with van der Waals surface area (Å²) < 4.78 is 0. The molecule has 0 saturated carbocycles. The molecule has 78 valence electrons. The summed E-state index contributed by atoms with van der Waals surface area (Å²) in [6.45, 7) is 0. The quantitative estimate of drug-likeness (QED) is 0.815. The zero-order valence-electron chi connectivity index (χ0n) is 8.18. The SMILES string of the molecule is N#Cc1c(-c2ccc(Cl)cc2)cnnc1N. The molecular formula is C11H7ClN4. The van der Waals surface area contributed by atoms with Crippen LogP contribution in [-0.2, 0) is 0 Å². The number of hydrogen-bond acceptors (Lipinski definition) is 4. The number of rotatable bonds is 1. The van der Waals surface area contributed by atoms with E-state index < -0.39 is 0 Å². The molecule has 0 atom stereocenters. The fraction of sp³-hybridized carbons (Fsp3) is 0. The number of anilines is 1. The van der Waals surface area contributed by atoms with Crippen molar-refractivity contribution in [1.29, 1.82) is 5.26 Å². The van der Waals surface area contributed by atoms with Crippen molar-refractivity contribution in [2.45, 2.75) is 0 Å². The van der Waals surface area contributed by atoms with Crippen LogP contribution in [0, 0.1) is 11.3 Å². The molecule has 2 rings (SSSR count). The van der Waals surface area contributed by atoms with Crippen LogP contribution in [0.2, 0.25) is 5.02 Å². The Morgan fingerprint density at radius 2 is 1.94 bits per heavy atom. The number of benzene rings is 1. The molecule has 1 aromatic carbocycles. The lowest BCUT2D eigenvalue weighted by Crippen LogP contribution is -1.99. The van der Waals surface area contributed by atoms with E-state index in [2.05, 4.69) is 10.2 Å². The standard InChI is InChI=1S/C11H7ClN4/c12-8-3-1-7(2-4-8)10-6-15-16-11(14)9(10)5-13/h1-4,6H,(H2,14,16). The third-order valence-electron chi connectivity index (χ3n) is 2.14. The number of nitrogens with zero attached hydrogens (tertiary/aromatic N) is 3. The second-order valence-corrected chi connectivity index (χ2v) is 3.57. The summed E-state index contributed by atoms with van der Waals surface area (Å²) in [6.07, 6.45) is 1.51. The molecule has 0 fully saturated rings. The third kappa shape index (κ3) is 1.81. The van der Waals surface area contributed by atoms with Crippen LogP contribution in [0.25, 0.3) is 11.1 Å². The monoisotopic (exact) mass is 230 g/mol. The maximum atomic E-state index is 8.99. The van der Waals surface area contributed by atoms with Crippen molar-refractivity contribution in [2.75, 3.05) is 5.73 Å². The zero-order valence-corrected chi connectivity index (χ0v) is 8.94. The largest absolute Gasteiger partial charge is 0.381 e. The molecule has 0 saturated heterocycles. The second-order valence-electron chi connectivity index (χ2n) is 3.14. The van der Waals surface area contributed by atoms with E-state index in [0.29, 0.717) is 16.1 Å². The lowest BCUT2D eigenvalue weighted by molar-refractivity contribution is 1.04. The van der Waals surface area contributed by atoms with E-state index in [1.807, 2.05) is 6.07 Å². The van der Waals surface area contributed by atoms with Gasteiger partial charge in [-0.05, 0) is 17.7 Å². The van der Waals surface area contributed by atoms with E-state index in [9.17, 15) is 0 Å². The first-order valence-corrected chi connectivity index (χ1v) is 4.87. The first kappa shape index (κ1) is 10.4. The van der Waals surface area contributed by atoms with Crippen LogP contribution >= 0.6 is 11.6 Å². The van der Waals surface area contributed by atoms with Crippen molar-refractivity contribution in [2.24, 2.45) is 0 Å². The van der Waals surface area contributed by atoms with Crippen LogP contribution in [0.5, 0.6) is 0 Å². The van der Waals surface area contributed by atoms with Gasteiger partial charge in [-0.1, -0.05) is 23.7 Å². The summed E-state index contributed by atoms with van der Waals surface area (Å²) in [5, 5.41) is 17.0. The maximum Gasteiger partial charge on any atom is 0.164 e. The zero-order chi connectivity index (χ0) is 11.5. The second kappa shape index (κ2) is 4.17. The molecule has 0 aliphatic carbocycles. The van der Waals surface area contributed by atoms with Gasteiger partial charge in [0.2, 0.25) is 0 Å². The Morgan fingerprint density at radius 3 is 2.56 bits per heavy atom. The number of halogens is 1. The van der Waals surface area contributed by atoms with E-state index >= 15 is 0 Å². The van der Waals surface area contributed by atoms with Crippen molar-refractivity contribution >= 4 is 17.4 Å². The lowest BCUT2D eigenvalue weighted by atomic mass is 10.0. The molecule has 0 amide bonds. The highest BCUT2D eigenvalue weighted by molar-refractivity contribution is 6.30. The molecule has 0 spiro atoms. The highest BCUT2D eigenvalue weighted by Crippen LogP contribution is 2.25. The van der Waals surface area contributed by atoms with Crippen LogP contribution in [-0.4, -0.2) is 10.2 Å². The summed E-state index contributed by atoms with van der Waals surface area (Å²) >= 11 is 5.79. The topological polar surface area (TPSA) is 75.6 Å². The summed E-state index contributed by atoms with van der Waals surface area (Å²) in [7, 11) is 0. The van der Waals surface area contributed by atoms with E-state index in [4.69, 9.17) is 22.6 Å². The smallest absolute Gasteiger partial charge is 0.164 e. The van der Waals surface area contributed by atoms with Gasteiger partial charge in [0.1, 0.15) is 11.6 Å². The van der Waals surface area contributed by atoms with Crippen LogP contribution in [0.15, 0.2) is 30.5 Å². The predicted octanol–water partition coefficient (Wildman–Crippen LogP) is 2.25. The predicted molar refractivity (Wildman–Crippen MR) is 61.6 cm³/mol. The van der Waals surface area contributed by atoms with Crippen LogP contribution in [0.1, 0.15) is 5.56 Å². The first-order chi connectivity index (χ1) is 7.72. The van der Waals surface area contributed by atoms with Gasteiger partial charge in [0, 0.05) is 10.6 Å². The summed E-state index contributed by atoms with van der Waals surface area (Å²) in [6, 6.07) is 9.12. The average Bonchev–Trinajstić information content (AvgIpc) is 2.30. The van der Waals surface area contributed by atoms with Crippen molar-refractivity contribution in [1.82, 2.24) is 10.2 Å². The van der Waals surface area contributed by atoms with Gasteiger partial charge in [-0.15, -0.1) is 5.10 Å². The minimum Gasteiger partial charge on any atom is -0.381 e. The maximum absolute atomic E-state index is 8.99. The molecule has 1 heterocycles. The molecule has 0 radical (unpaired) electrons.